The van der Waals surface area contributed by atoms with E-state index in [2.05, 4.69) is 53.8 Å². The molecule has 0 aliphatic heterocycles. The van der Waals surface area contributed by atoms with Crippen molar-refractivity contribution in [3.05, 3.63) is 77.4 Å². The highest BCUT2D eigenvalue weighted by Gasteiger charge is 2.19. The van der Waals surface area contributed by atoms with Gasteiger partial charge in [-0.1, -0.05) is 54.6 Å². The zero-order valence-corrected chi connectivity index (χ0v) is 17.1. The lowest BCUT2D eigenvalue weighted by atomic mass is 9.91. The highest BCUT2D eigenvalue weighted by Crippen LogP contribution is 2.30. The normalized spacial score (nSPS) is 14.2. The third-order valence-corrected chi connectivity index (χ3v) is 5.83. The van der Waals surface area contributed by atoms with Crippen molar-refractivity contribution in [1.29, 1.82) is 0 Å². The SMILES string of the molecule is C[C@H](Oc1cccc2c1CCCC2)C(=O)NCCCc1cccc2ccccc12. The van der Waals surface area contributed by atoms with Gasteiger partial charge in [0.05, 0.1) is 0 Å². The molecule has 3 nitrogen and oxygen atoms in total. The van der Waals surface area contributed by atoms with Crippen molar-refractivity contribution >= 4 is 16.7 Å². The molecule has 1 aliphatic rings. The summed E-state index contributed by atoms with van der Waals surface area (Å²) in [7, 11) is 0. The number of carbonyl (C=O) groups is 1. The average molecular weight is 388 g/mol. The molecule has 0 fully saturated rings. The molecule has 1 aliphatic carbocycles. The van der Waals surface area contributed by atoms with Gasteiger partial charge in [-0.25, -0.2) is 0 Å². The summed E-state index contributed by atoms with van der Waals surface area (Å²) in [5, 5.41) is 5.60. The molecule has 0 saturated carbocycles. The summed E-state index contributed by atoms with van der Waals surface area (Å²) in [6, 6.07) is 21.1. The van der Waals surface area contributed by atoms with Crippen LogP contribution in [0, 0.1) is 0 Å². The maximum atomic E-state index is 12.5. The van der Waals surface area contributed by atoms with E-state index in [1.165, 1.54) is 40.3 Å². The molecule has 3 aromatic carbocycles. The van der Waals surface area contributed by atoms with E-state index in [1.54, 1.807) is 0 Å². The smallest absolute Gasteiger partial charge is 0.260 e. The maximum absolute atomic E-state index is 12.5. The van der Waals surface area contributed by atoms with Gasteiger partial charge in [-0.15, -0.1) is 0 Å². The number of hydrogen-bond acceptors (Lipinski definition) is 2. The first-order valence-corrected chi connectivity index (χ1v) is 10.7. The molecule has 3 heteroatoms. The quantitative estimate of drug-likeness (QED) is 0.564. The molecule has 0 spiro atoms. The van der Waals surface area contributed by atoms with E-state index < -0.39 is 6.10 Å². The summed E-state index contributed by atoms with van der Waals surface area (Å²) < 4.78 is 6.04. The van der Waals surface area contributed by atoms with Crippen LogP contribution >= 0.6 is 0 Å². The minimum Gasteiger partial charge on any atom is -0.481 e. The van der Waals surface area contributed by atoms with Crippen molar-refractivity contribution in [2.75, 3.05) is 6.54 Å². The molecule has 1 amide bonds. The van der Waals surface area contributed by atoms with Gasteiger partial charge in [0.15, 0.2) is 6.10 Å². The average Bonchev–Trinajstić information content (AvgIpc) is 2.77. The van der Waals surface area contributed by atoms with Crippen molar-refractivity contribution in [3.63, 3.8) is 0 Å². The number of aryl methyl sites for hydroxylation is 2. The highest BCUT2D eigenvalue weighted by atomic mass is 16.5. The molecule has 0 unspecified atom stereocenters. The Balaban J connectivity index is 1.29. The zero-order valence-electron chi connectivity index (χ0n) is 17.1. The van der Waals surface area contributed by atoms with E-state index in [-0.39, 0.29) is 5.91 Å². The van der Waals surface area contributed by atoms with Crippen LogP contribution in [0.15, 0.2) is 60.7 Å². The molecule has 1 atom stereocenters. The Kier molecular flexibility index (Phi) is 6.14. The maximum Gasteiger partial charge on any atom is 0.260 e. The van der Waals surface area contributed by atoms with Crippen LogP contribution in [0.1, 0.15) is 42.9 Å². The molecule has 0 heterocycles. The Morgan fingerprint density at radius 1 is 1.00 bits per heavy atom. The fourth-order valence-electron chi connectivity index (χ4n) is 4.25. The van der Waals surface area contributed by atoms with Crippen LogP contribution in [-0.4, -0.2) is 18.6 Å². The number of nitrogens with one attached hydrogen (secondary N) is 1. The van der Waals surface area contributed by atoms with Crippen molar-refractivity contribution in [3.8, 4) is 5.75 Å². The van der Waals surface area contributed by atoms with Crippen LogP contribution in [0.2, 0.25) is 0 Å². The first kappa shape index (κ1) is 19.5. The molecule has 4 rings (SSSR count). The van der Waals surface area contributed by atoms with E-state index in [0.717, 1.165) is 31.4 Å². The number of fused-ring (bicyclic) bond motifs is 2. The van der Waals surface area contributed by atoms with Crippen molar-refractivity contribution in [1.82, 2.24) is 5.32 Å². The molecular weight excluding hydrogens is 358 g/mol. The Labute approximate surface area is 173 Å². The lowest BCUT2D eigenvalue weighted by molar-refractivity contribution is -0.127. The molecular formula is C26H29NO2. The topological polar surface area (TPSA) is 38.3 Å². The Morgan fingerprint density at radius 3 is 2.72 bits per heavy atom. The summed E-state index contributed by atoms with van der Waals surface area (Å²) in [6.07, 6.45) is 5.97. The second kappa shape index (κ2) is 9.13. The molecule has 1 N–H and O–H groups in total. The zero-order chi connectivity index (χ0) is 20.1. The minimum atomic E-state index is -0.485. The van der Waals surface area contributed by atoms with Gasteiger partial charge in [0.2, 0.25) is 0 Å². The number of benzene rings is 3. The predicted octanol–water partition coefficient (Wildman–Crippen LogP) is 5.23. The van der Waals surface area contributed by atoms with Crippen LogP contribution in [0.4, 0.5) is 0 Å². The summed E-state index contributed by atoms with van der Waals surface area (Å²) in [5.74, 6) is 0.830. The highest BCUT2D eigenvalue weighted by molar-refractivity contribution is 5.85. The second-order valence-corrected chi connectivity index (χ2v) is 7.89. The molecule has 29 heavy (non-hydrogen) atoms. The lowest BCUT2D eigenvalue weighted by Crippen LogP contribution is -2.37. The van der Waals surface area contributed by atoms with Crippen LogP contribution in [-0.2, 0) is 24.1 Å². The van der Waals surface area contributed by atoms with Gasteiger partial charge in [0, 0.05) is 6.54 Å². The van der Waals surface area contributed by atoms with Crippen LogP contribution in [0.25, 0.3) is 10.8 Å². The van der Waals surface area contributed by atoms with Crippen molar-refractivity contribution in [2.24, 2.45) is 0 Å². The third kappa shape index (κ3) is 4.61. The van der Waals surface area contributed by atoms with E-state index in [0.29, 0.717) is 6.54 Å². The van der Waals surface area contributed by atoms with Crippen LogP contribution in [0.3, 0.4) is 0 Å². The molecule has 0 saturated heterocycles. The van der Waals surface area contributed by atoms with Gasteiger partial charge in [-0.3, -0.25) is 4.79 Å². The van der Waals surface area contributed by atoms with Gasteiger partial charge < -0.3 is 10.1 Å². The number of hydrogen-bond donors (Lipinski definition) is 1. The first-order valence-electron chi connectivity index (χ1n) is 10.7. The molecule has 0 bridgehead atoms. The number of rotatable bonds is 7. The third-order valence-electron chi connectivity index (χ3n) is 5.83. The summed E-state index contributed by atoms with van der Waals surface area (Å²) >= 11 is 0. The molecule has 3 aromatic rings. The van der Waals surface area contributed by atoms with E-state index in [4.69, 9.17) is 4.74 Å². The monoisotopic (exact) mass is 387 g/mol. The second-order valence-electron chi connectivity index (χ2n) is 7.89. The van der Waals surface area contributed by atoms with Gasteiger partial charge in [0.25, 0.3) is 5.91 Å². The van der Waals surface area contributed by atoms with Gasteiger partial charge in [-0.2, -0.15) is 0 Å². The van der Waals surface area contributed by atoms with E-state index in [9.17, 15) is 4.79 Å². The largest absolute Gasteiger partial charge is 0.481 e. The fraction of sp³-hybridized carbons (Fsp3) is 0.346. The molecule has 150 valence electrons. The van der Waals surface area contributed by atoms with Crippen LogP contribution < -0.4 is 10.1 Å². The summed E-state index contributed by atoms with van der Waals surface area (Å²) in [5.41, 5.74) is 3.99. The number of amides is 1. The summed E-state index contributed by atoms with van der Waals surface area (Å²) in [4.78, 5) is 12.5. The number of carbonyl (C=O) groups excluding carboxylic acids is 1. The number of ether oxygens (including phenoxy) is 1. The Hall–Kier alpha value is -2.81. The van der Waals surface area contributed by atoms with Gasteiger partial charge >= 0.3 is 0 Å². The lowest BCUT2D eigenvalue weighted by Gasteiger charge is -2.22. The standard InChI is InChI=1S/C26H29NO2/c1-19(29-25-17-7-13-22-10-3-5-16-24(22)25)26(28)27-18-8-14-21-12-6-11-20-9-2-4-15-23(20)21/h2,4,6-7,9,11-13,15,17,19H,3,5,8,10,14,16,18H2,1H3,(H,27,28)/t19-/m0/s1. The molecule has 0 radical (unpaired) electrons. The Bertz CT molecular complexity index is 990. The van der Waals surface area contributed by atoms with E-state index in [1.807, 2.05) is 19.1 Å². The Morgan fingerprint density at radius 2 is 1.79 bits per heavy atom. The van der Waals surface area contributed by atoms with E-state index >= 15 is 0 Å². The molecule has 0 aromatic heterocycles. The predicted molar refractivity (Wildman–Crippen MR) is 118 cm³/mol. The van der Waals surface area contributed by atoms with Gasteiger partial charge in [0.1, 0.15) is 5.75 Å². The van der Waals surface area contributed by atoms with Crippen molar-refractivity contribution in [2.45, 2.75) is 51.6 Å². The first-order chi connectivity index (χ1) is 14.2. The van der Waals surface area contributed by atoms with Crippen LogP contribution in [0.5, 0.6) is 5.75 Å². The van der Waals surface area contributed by atoms with Crippen molar-refractivity contribution < 1.29 is 9.53 Å². The van der Waals surface area contributed by atoms with Gasteiger partial charge in [-0.05, 0) is 79.0 Å². The summed E-state index contributed by atoms with van der Waals surface area (Å²) in [6.45, 7) is 2.49. The minimum absolute atomic E-state index is 0.0451. The fourth-order valence-corrected chi connectivity index (χ4v) is 4.25.